The van der Waals surface area contributed by atoms with Gasteiger partial charge in [-0.15, -0.1) is 0 Å². The average Bonchev–Trinajstić information content (AvgIpc) is 2.11. The Labute approximate surface area is 105 Å². The Kier molecular flexibility index (Phi) is 5.19. The molecule has 0 aliphatic carbocycles. The minimum atomic E-state index is 0.226. The van der Waals surface area contributed by atoms with E-state index in [-0.39, 0.29) is 5.91 Å². The van der Waals surface area contributed by atoms with Gasteiger partial charge in [-0.3, -0.25) is 4.79 Å². The number of nitrogens with one attached hydrogen (secondary N) is 1. The Morgan fingerprint density at radius 2 is 1.65 bits per heavy atom. The number of rotatable bonds is 5. The molecule has 0 aromatic rings. The number of amides is 1. The molecule has 0 unspecified atom stereocenters. The van der Waals surface area contributed by atoms with Gasteiger partial charge in [0.05, 0.1) is 0 Å². The summed E-state index contributed by atoms with van der Waals surface area (Å²) >= 11 is 0. The van der Waals surface area contributed by atoms with E-state index < -0.39 is 0 Å². The first-order chi connectivity index (χ1) is 7.91. The molecule has 1 saturated heterocycles. The zero-order valence-corrected chi connectivity index (χ0v) is 11.8. The normalized spacial score (nSPS) is 15.1. The van der Waals surface area contributed by atoms with Gasteiger partial charge in [0.25, 0.3) is 0 Å². The van der Waals surface area contributed by atoms with Gasteiger partial charge in [0.2, 0.25) is 5.91 Å². The maximum atomic E-state index is 12.4. The Balaban J connectivity index is 2.71. The van der Waals surface area contributed by atoms with Gasteiger partial charge in [0.1, 0.15) is 0 Å². The molecule has 0 aromatic heterocycles. The van der Waals surface area contributed by atoms with Crippen LogP contribution >= 0.6 is 0 Å². The van der Waals surface area contributed by atoms with Crippen molar-refractivity contribution in [2.24, 2.45) is 11.8 Å². The van der Waals surface area contributed by atoms with Gasteiger partial charge in [-0.2, -0.15) is 0 Å². The number of carbonyl (C=O) groups excluding carboxylic acids is 1. The summed E-state index contributed by atoms with van der Waals surface area (Å²) in [5, 5.41) is 3.19. The van der Waals surface area contributed by atoms with Crippen LogP contribution in [-0.4, -0.2) is 37.0 Å². The molecule has 1 amide bonds. The Hall–Kier alpha value is -0.830. The van der Waals surface area contributed by atoms with Crippen molar-refractivity contribution < 1.29 is 4.79 Å². The maximum Gasteiger partial charge on any atom is 0.249 e. The third-order valence-corrected chi connectivity index (χ3v) is 2.99. The SMILES string of the molecule is CC(C(=O)N(CC(C)C)CC(C)C)=C1CNC1. The smallest absolute Gasteiger partial charge is 0.249 e. The van der Waals surface area contributed by atoms with Crippen LogP contribution in [0.2, 0.25) is 0 Å². The van der Waals surface area contributed by atoms with E-state index in [1.807, 2.05) is 11.8 Å². The number of hydrogen-bond donors (Lipinski definition) is 1. The molecule has 1 heterocycles. The maximum absolute atomic E-state index is 12.4. The molecule has 1 rings (SSSR count). The van der Waals surface area contributed by atoms with Gasteiger partial charge in [-0.1, -0.05) is 27.7 Å². The van der Waals surface area contributed by atoms with Crippen molar-refractivity contribution in [3.05, 3.63) is 11.1 Å². The molecule has 1 aliphatic rings. The lowest BCUT2D eigenvalue weighted by molar-refractivity contribution is -0.128. The lowest BCUT2D eigenvalue weighted by atomic mass is 10.0. The molecule has 0 saturated carbocycles. The van der Waals surface area contributed by atoms with Crippen molar-refractivity contribution in [1.82, 2.24) is 10.2 Å². The highest BCUT2D eigenvalue weighted by Crippen LogP contribution is 2.14. The Morgan fingerprint density at radius 3 is 1.94 bits per heavy atom. The summed E-state index contributed by atoms with van der Waals surface area (Å²) in [6.07, 6.45) is 0. The third-order valence-electron chi connectivity index (χ3n) is 2.99. The summed E-state index contributed by atoms with van der Waals surface area (Å²) < 4.78 is 0. The van der Waals surface area contributed by atoms with Crippen LogP contribution in [0.5, 0.6) is 0 Å². The van der Waals surface area contributed by atoms with Crippen LogP contribution in [0.4, 0.5) is 0 Å². The second kappa shape index (κ2) is 6.20. The first-order valence-corrected chi connectivity index (χ1v) is 6.60. The van der Waals surface area contributed by atoms with Crippen molar-refractivity contribution >= 4 is 5.91 Å². The fraction of sp³-hybridized carbons (Fsp3) is 0.786. The third kappa shape index (κ3) is 4.15. The molecule has 0 atom stereocenters. The quantitative estimate of drug-likeness (QED) is 0.743. The highest BCUT2D eigenvalue weighted by atomic mass is 16.2. The molecule has 0 aromatic carbocycles. The van der Waals surface area contributed by atoms with Gasteiger partial charge >= 0.3 is 0 Å². The molecule has 3 nitrogen and oxygen atoms in total. The predicted octanol–water partition coefficient (Wildman–Crippen LogP) is 2.05. The Morgan fingerprint density at radius 1 is 1.18 bits per heavy atom. The number of nitrogens with zero attached hydrogens (tertiary/aromatic N) is 1. The van der Waals surface area contributed by atoms with Crippen LogP contribution in [-0.2, 0) is 4.79 Å². The minimum absolute atomic E-state index is 0.226. The van der Waals surface area contributed by atoms with E-state index in [9.17, 15) is 4.79 Å². The van der Waals surface area contributed by atoms with Gasteiger partial charge in [0.15, 0.2) is 0 Å². The van der Waals surface area contributed by atoms with E-state index in [1.54, 1.807) is 0 Å². The van der Waals surface area contributed by atoms with Crippen LogP contribution in [0, 0.1) is 11.8 Å². The zero-order valence-electron chi connectivity index (χ0n) is 11.8. The average molecular weight is 238 g/mol. The zero-order chi connectivity index (χ0) is 13.0. The molecule has 1 aliphatic heterocycles. The lowest BCUT2D eigenvalue weighted by Crippen LogP contribution is -2.41. The largest absolute Gasteiger partial charge is 0.338 e. The van der Waals surface area contributed by atoms with Crippen LogP contribution in [0.25, 0.3) is 0 Å². The molecule has 0 spiro atoms. The highest BCUT2D eigenvalue weighted by molar-refractivity contribution is 5.94. The van der Waals surface area contributed by atoms with Crippen LogP contribution in [0.3, 0.4) is 0 Å². The summed E-state index contributed by atoms with van der Waals surface area (Å²) in [5.41, 5.74) is 2.22. The van der Waals surface area contributed by atoms with E-state index in [0.717, 1.165) is 31.8 Å². The minimum Gasteiger partial charge on any atom is -0.338 e. The number of carbonyl (C=O) groups is 1. The summed E-state index contributed by atoms with van der Waals surface area (Å²) in [7, 11) is 0. The molecule has 17 heavy (non-hydrogen) atoms. The van der Waals surface area contributed by atoms with Gasteiger partial charge in [0, 0.05) is 31.8 Å². The van der Waals surface area contributed by atoms with E-state index in [2.05, 4.69) is 33.0 Å². The van der Waals surface area contributed by atoms with E-state index in [1.165, 1.54) is 5.57 Å². The van der Waals surface area contributed by atoms with Crippen LogP contribution < -0.4 is 5.32 Å². The van der Waals surface area contributed by atoms with Crippen molar-refractivity contribution in [1.29, 1.82) is 0 Å². The summed E-state index contributed by atoms with van der Waals surface area (Å²) in [5.74, 6) is 1.27. The number of hydrogen-bond acceptors (Lipinski definition) is 2. The first kappa shape index (κ1) is 14.2. The molecular weight excluding hydrogens is 212 g/mol. The van der Waals surface area contributed by atoms with Crippen molar-refractivity contribution in [3.8, 4) is 0 Å². The standard InChI is InChI=1S/C14H26N2O/c1-10(2)8-16(9-11(3)4)14(17)12(5)13-6-15-7-13/h10-11,15H,6-9H2,1-5H3. The van der Waals surface area contributed by atoms with Crippen molar-refractivity contribution in [2.45, 2.75) is 34.6 Å². The summed E-state index contributed by atoms with van der Waals surface area (Å²) in [4.78, 5) is 14.4. The molecule has 1 fully saturated rings. The fourth-order valence-corrected chi connectivity index (χ4v) is 2.03. The second-order valence-electron chi connectivity index (χ2n) is 5.83. The van der Waals surface area contributed by atoms with Crippen LogP contribution in [0.1, 0.15) is 34.6 Å². The van der Waals surface area contributed by atoms with Gasteiger partial charge in [-0.25, -0.2) is 0 Å². The summed E-state index contributed by atoms with van der Waals surface area (Å²) in [6.45, 7) is 14.1. The van der Waals surface area contributed by atoms with E-state index in [4.69, 9.17) is 0 Å². The fourth-order valence-electron chi connectivity index (χ4n) is 2.03. The van der Waals surface area contributed by atoms with Gasteiger partial charge in [-0.05, 0) is 24.3 Å². The highest BCUT2D eigenvalue weighted by Gasteiger charge is 2.22. The van der Waals surface area contributed by atoms with Gasteiger partial charge < -0.3 is 10.2 Å². The molecule has 0 bridgehead atoms. The summed E-state index contributed by atoms with van der Waals surface area (Å²) in [6, 6.07) is 0. The molecule has 1 N–H and O–H groups in total. The molecule has 98 valence electrons. The monoisotopic (exact) mass is 238 g/mol. The topological polar surface area (TPSA) is 32.3 Å². The molecule has 0 radical (unpaired) electrons. The second-order valence-corrected chi connectivity index (χ2v) is 5.83. The first-order valence-electron chi connectivity index (χ1n) is 6.60. The van der Waals surface area contributed by atoms with Crippen molar-refractivity contribution in [3.63, 3.8) is 0 Å². The van der Waals surface area contributed by atoms with E-state index >= 15 is 0 Å². The molecule has 3 heteroatoms. The molecular formula is C14H26N2O. The Bertz CT molecular complexity index is 289. The lowest BCUT2D eigenvalue weighted by Gasteiger charge is -2.29. The van der Waals surface area contributed by atoms with Crippen LogP contribution in [0.15, 0.2) is 11.1 Å². The van der Waals surface area contributed by atoms with E-state index in [0.29, 0.717) is 11.8 Å². The predicted molar refractivity (Wildman–Crippen MR) is 71.8 cm³/mol. The van der Waals surface area contributed by atoms with Crippen molar-refractivity contribution in [2.75, 3.05) is 26.2 Å².